The van der Waals surface area contributed by atoms with Crippen molar-refractivity contribution in [1.82, 2.24) is 5.32 Å². The normalized spacial score (nSPS) is 12.9. The van der Waals surface area contributed by atoms with E-state index < -0.39 is 30.2 Å². The zero-order valence-corrected chi connectivity index (χ0v) is 18.7. The second-order valence-corrected chi connectivity index (χ2v) is 7.64. The zero-order chi connectivity index (χ0) is 22.3. The van der Waals surface area contributed by atoms with Crippen LogP contribution < -0.4 is 5.32 Å². The molecule has 0 unspecified atom stereocenters. The first-order valence-corrected chi connectivity index (χ1v) is 10.0. The van der Waals surface area contributed by atoms with Crippen molar-refractivity contribution in [1.29, 1.82) is 0 Å². The molecule has 30 heavy (non-hydrogen) atoms. The lowest BCUT2D eigenvalue weighted by atomic mass is 10.0. The number of benzene rings is 2. The topological polar surface area (TPSA) is 122 Å². The number of aliphatic carboxylic acids is 1. The number of halogens is 2. The highest BCUT2D eigenvalue weighted by molar-refractivity contribution is 9.11. The molecule has 0 radical (unpaired) electrons. The third kappa shape index (κ3) is 6.41. The van der Waals surface area contributed by atoms with Gasteiger partial charge in [0.05, 0.1) is 4.47 Å². The summed E-state index contributed by atoms with van der Waals surface area (Å²) in [6, 6.07) is 11.1. The van der Waals surface area contributed by atoms with E-state index in [1.807, 2.05) is 0 Å². The number of aromatic hydroxyl groups is 1. The fourth-order valence-electron chi connectivity index (χ4n) is 2.49. The first kappa shape index (κ1) is 23.6. The summed E-state index contributed by atoms with van der Waals surface area (Å²) in [6.45, 7) is 0. The number of amides is 2. The molecule has 158 valence electrons. The molecule has 0 aliphatic rings. The molecule has 10 heteroatoms. The Balaban J connectivity index is 2.35. The largest absolute Gasteiger partial charge is 0.506 e. The molecule has 2 amide bonds. The number of rotatable bonds is 7. The van der Waals surface area contributed by atoms with Crippen molar-refractivity contribution in [3.63, 3.8) is 0 Å². The van der Waals surface area contributed by atoms with Gasteiger partial charge in [0, 0.05) is 28.8 Å². The number of phenols is 1. The molecule has 0 heterocycles. The molecule has 0 fully saturated rings. The van der Waals surface area contributed by atoms with Gasteiger partial charge in [0.25, 0.3) is 5.91 Å². The number of phenolic OH excluding ortho intramolecular Hbond substituents is 1. The van der Waals surface area contributed by atoms with Crippen LogP contribution in [0.15, 0.2) is 63.6 Å². The van der Waals surface area contributed by atoms with Crippen molar-refractivity contribution in [2.75, 3.05) is 7.11 Å². The number of carbonyl (C=O) groups excluding carboxylic acids is 2. The van der Waals surface area contributed by atoms with E-state index in [1.165, 1.54) is 25.3 Å². The van der Waals surface area contributed by atoms with Crippen molar-refractivity contribution in [2.24, 2.45) is 0 Å². The highest BCUT2D eigenvalue weighted by atomic mass is 79.9. The molecule has 0 aliphatic heterocycles. The van der Waals surface area contributed by atoms with Gasteiger partial charge in [-0.15, -0.1) is 0 Å². The molecule has 2 rings (SSSR count). The summed E-state index contributed by atoms with van der Waals surface area (Å²) in [7, 11) is 1.28. The Hall–Kier alpha value is -2.69. The van der Waals surface area contributed by atoms with E-state index in [9.17, 15) is 19.5 Å². The van der Waals surface area contributed by atoms with Gasteiger partial charge in [0.15, 0.2) is 6.10 Å². The Bertz CT molecular complexity index is 963. The minimum Gasteiger partial charge on any atom is -0.506 e. The van der Waals surface area contributed by atoms with Crippen molar-refractivity contribution >= 4 is 49.8 Å². The Morgan fingerprint density at radius 1 is 1.13 bits per heavy atom. The van der Waals surface area contributed by atoms with Crippen LogP contribution in [-0.2, 0) is 14.3 Å². The quantitative estimate of drug-likeness (QED) is 0.448. The van der Waals surface area contributed by atoms with Crippen molar-refractivity contribution in [3.8, 4) is 5.75 Å². The summed E-state index contributed by atoms with van der Waals surface area (Å²) in [6.07, 6.45) is -1.47. The monoisotopic (exact) mass is 541 g/mol. The van der Waals surface area contributed by atoms with Crippen LogP contribution in [0, 0.1) is 0 Å². The highest BCUT2D eigenvalue weighted by Crippen LogP contribution is 2.38. The predicted octanol–water partition coefficient (Wildman–Crippen LogP) is 4.18. The third-order valence-corrected chi connectivity index (χ3v) is 4.91. The van der Waals surface area contributed by atoms with Crippen molar-refractivity contribution < 1.29 is 34.1 Å². The molecule has 0 aliphatic carbocycles. The second-order valence-electron chi connectivity index (χ2n) is 5.87. The molecule has 0 saturated carbocycles. The van der Waals surface area contributed by atoms with Gasteiger partial charge < -0.3 is 19.7 Å². The minimum atomic E-state index is -1.28. The smallest absolute Gasteiger partial charge is 0.414 e. The summed E-state index contributed by atoms with van der Waals surface area (Å²) in [5.74, 6) is -2.16. The van der Waals surface area contributed by atoms with Gasteiger partial charge in [-0.1, -0.05) is 34.1 Å². The Kier molecular flexibility index (Phi) is 8.58. The van der Waals surface area contributed by atoms with Gasteiger partial charge in [-0.2, -0.15) is 0 Å². The predicted molar refractivity (Wildman–Crippen MR) is 114 cm³/mol. The van der Waals surface area contributed by atoms with Crippen LogP contribution in [0.3, 0.4) is 0 Å². The van der Waals surface area contributed by atoms with E-state index in [0.717, 1.165) is 12.2 Å². The van der Waals surface area contributed by atoms with Gasteiger partial charge in [-0.05, 0) is 46.3 Å². The van der Waals surface area contributed by atoms with Crippen LogP contribution in [-0.4, -0.2) is 41.4 Å². The Morgan fingerprint density at radius 3 is 2.40 bits per heavy atom. The molecular weight excluding hydrogens is 526 g/mol. The molecule has 0 aromatic heterocycles. The number of alkyl carbamates (subject to hydrolysis) is 1. The van der Waals surface area contributed by atoms with Crippen LogP contribution in [0.2, 0.25) is 0 Å². The lowest BCUT2D eigenvalue weighted by Crippen LogP contribution is -2.34. The SMILES string of the molecule is CO[C@H](/C=C/C(=O)O)[C@H](OC(=O)NC(=O)c1ccccc1)c1cc(Br)cc(Br)c1O. The van der Waals surface area contributed by atoms with E-state index in [4.69, 9.17) is 14.6 Å². The number of hydrogen-bond donors (Lipinski definition) is 3. The summed E-state index contributed by atoms with van der Waals surface area (Å²) < 4.78 is 11.5. The average molecular weight is 543 g/mol. The van der Waals surface area contributed by atoms with Gasteiger partial charge in [-0.3, -0.25) is 10.1 Å². The molecule has 2 aromatic carbocycles. The van der Waals surface area contributed by atoms with E-state index in [2.05, 4.69) is 37.2 Å². The molecule has 0 bridgehead atoms. The first-order valence-electron chi connectivity index (χ1n) is 8.41. The third-order valence-electron chi connectivity index (χ3n) is 3.85. The number of imide groups is 1. The van der Waals surface area contributed by atoms with Crippen LogP contribution in [0.5, 0.6) is 5.75 Å². The summed E-state index contributed by atoms with van der Waals surface area (Å²) >= 11 is 6.47. The van der Waals surface area contributed by atoms with Crippen molar-refractivity contribution in [2.45, 2.75) is 12.2 Å². The molecule has 8 nitrogen and oxygen atoms in total. The van der Waals surface area contributed by atoms with Gasteiger partial charge >= 0.3 is 12.1 Å². The molecule has 0 spiro atoms. The molecule has 2 atom stereocenters. The van der Waals surface area contributed by atoms with E-state index >= 15 is 0 Å². The van der Waals surface area contributed by atoms with Crippen LogP contribution in [0.4, 0.5) is 4.79 Å². The average Bonchev–Trinajstić information content (AvgIpc) is 2.70. The van der Waals surface area contributed by atoms with Crippen LogP contribution in [0.25, 0.3) is 0 Å². The highest BCUT2D eigenvalue weighted by Gasteiger charge is 2.30. The first-order chi connectivity index (χ1) is 14.2. The lowest BCUT2D eigenvalue weighted by molar-refractivity contribution is -0.131. The molecule has 2 aromatic rings. The van der Waals surface area contributed by atoms with Crippen LogP contribution >= 0.6 is 31.9 Å². The van der Waals surface area contributed by atoms with Gasteiger partial charge in [-0.25, -0.2) is 9.59 Å². The number of carboxylic acids is 1. The van der Waals surface area contributed by atoms with Crippen molar-refractivity contribution in [3.05, 3.63) is 74.7 Å². The maximum atomic E-state index is 12.4. The zero-order valence-electron chi connectivity index (χ0n) is 15.5. The van der Waals surface area contributed by atoms with Gasteiger partial charge in [0.2, 0.25) is 0 Å². The molecule has 0 saturated heterocycles. The fourth-order valence-corrected chi connectivity index (χ4v) is 3.75. The van der Waals surface area contributed by atoms with Gasteiger partial charge in [0.1, 0.15) is 11.9 Å². The Labute approximate surface area is 188 Å². The van der Waals surface area contributed by atoms with E-state index in [-0.39, 0.29) is 16.9 Å². The number of nitrogens with one attached hydrogen (secondary N) is 1. The number of carbonyl (C=O) groups is 3. The van der Waals surface area contributed by atoms with E-state index in [0.29, 0.717) is 8.95 Å². The standard InChI is InChI=1S/C20H17Br2NO7/c1-29-15(7-8-16(24)25)18(13-9-12(21)10-14(22)17(13)26)30-20(28)23-19(27)11-5-3-2-4-6-11/h2-10,15,18,26H,1H3,(H,24,25)(H,23,27,28)/b8-7+/t15-,18-/m1/s1. The maximum Gasteiger partial charge on any atom is 0.414 e. The summed E-state index contributed by atoms with van der Waals surface area (Å²) in [5.41, 5.74) is 0.369. The van der Waals surface area contributed by atoms with Crippen LogP contribution in [0.1, 0.15) is 22.0 Å². The maximum absolute atomic E-state index is 12.4. The second kappa shape index (κ2) is 10.9. The number of ether oxygens (including phenoxy) is 2. The summed E-state index contributed by atoms with van der Waals surface area (Å²) in [4.78, 5) is 35.5. The lowest BCUT2D eigenvalue weighted by Gasteiger charge is -2.25. The van der Waals surface area contributed by atoms with E-state index in [1.54, 1.807) is 24.3 Å². The Morgan fingerprint density at radius 2 is 1.80 bits per heavy atom. The molecular formula is C20H17Br2NO7. The fraction of sp³-hybridized carbons (Fsp3) is 0.150. The number of hydrogen-bond acceptors (Lipinski definition) is 6. The summed E-state index contributed by atoms with van der Waals surface area (Å²) in [5, 5.41) is 21.4. The minimum absolute atomic E-state index is 0.125. The number of carboxylic acid groups (broad SMARTS) is 1. The molecule has 3 N–H and O–H groups in total. The number of methoxy groups -OCH3 is 1.